The van der Waals surface area contributed by atoms with Crippen molar-refractivity contribution in [3.8, 4) is 5.75 Å². The Labute approximate surface area is 122 Å². The molecule has 2 aromatic rings. The molecule has 0 fully saturated rings. The Bertz CT molecular complexity index is 627. The lowest BCUT2D eigenvalue weighted by Crippen LogP contribution is -2.12. The summed E-state index contributed by atoms with van der Waals surface area (Å²) in [6.07, 6.45) is -4.00. The van der Waals surface area contributed by atoms with Gasteiger partial charge in [0.05, 0.1) is 11.9 Å². The summed E-state index contributed by atoms with van der Waals surface area (Å²) < 4.78 is 37.6. The molecule has 1 N–H and O–H groups in total. The largest absolute Gasteiger partial charge is 0.504 e. The third kappa shape index (κ3) is 3.52. The van der Waals surface area contributed by atoms with Crippen LogP contribution in [0.4, 0.5) is 13.2 Å². The highest BCUT2D eigenvalue weighted by molar-refractivity contribution is 6.34. The van der Waals surface area contributed by atoms with E-state index in [1.807, 2.05) is 0 Å². The van der Waals surface area contributed by atoms with Gasteiger partial charge < -0.3 is 5.11 Å². The zero-order valence-electron chi connectivity index (χ0n) is 9.75. The minimum Gasteiger partial charge on any atom is -0.504 e. The van der Waals surface area contributed by atoms with Crippen molar-refractivity contribution in [2.45, 2.75) is 12.6 Å². The van der Waals surface area contributed by atoms with Crippen molar-refractivity contribution in [1.82, 2.24) is 9.97 Å². The molecule has 0 aliphatic heterocycles. The van der Waals surface area contributed by atoms with E-state index >= 15 is 0 Å². The van der Waals surface area contributed by atoms with E-state index in [2.05, 4.69) is 9.97 Å². The van der Waals surface area contributed by atoms with Crippen molar-refractivity contribution in [2.75, 3.05) is 0 Å². The molecule has 0 aliphatic carbocycles. The molecule has 0 spiro atoms. The lowest BCUT2D eigenvalue weighted by atomic mass is 10.1. The van der Waals surface area contributed by atoms with Crippen LogP contribution in [-0.4, -0.2) is 15.1 Å². The number of aromatic hydroxyl groups is 1. The number of nitrogens with zero attached hydrogens (tertiary/aromatic N) is 2. The van der Waals surface area contributed by atoms with E-state index in [4.69, 9.17) is 23.2 Å². The van der Waals surface area contributed by atoms with Crippen LogP contribution in [0.2, 0.25) is 10.0 Å². The molecule has 1 aromatic carbocycles. The van der Waals surface area contributed by atoms with E-state index in [0.29, 0.717) is 15.6 Å². The third-order valence-electron chi connectivity index (χ3n) is 2.39. The second kappa shape index (κ2) is 5.46. The molecular formula is C12H7Cl2F3N2O. The van der Waals surface area contributed by atoms with Crippen molar-refractivity contribution in [2.24, 2.45) is 0 Å². The summed E-state index contributed by atoms with van der Waals surface area (Å²) in [6, 6.07) is 4.55. The molecular weight excluding hydrogens is 316 g/mol. The van der Waals surface area contributed by atoms with Crippen molar-refractivity contribution in [3.63, 3.8) is 0 Å². The first-order chi connectivity index (χ1) is 9.25. The molecule has 1 heterocycles. The van der Waals surface area contributed by atoms with Gasteiger partial charge in [-0.25, -0.2) is 9.97 Å². The van der Waals surface area contributed by atoms with Crippen LogP contribution < -0.4 is 0 Å². The van der Waals surface area contributed by atoms with Gasteiger partial charge in [-0.3, -0.25) is 0 Å². The molecule has 8 heteroatoms. The maximum Gasteiger partial charge on any atom is 0.451 e. The van der Waals surface area contributed by atoms with Gasteiger partial charge in [0.2, 0.25) is 5.82 Å². The Morgan fingerprint density at radius 2 is 1.70 bits per heavy atom. The van der Waals surface area contributed by atoms with Crippen molar-refractivity contribution in [3.05, 3.63) is 51.5 Å². The van der Waals surface area contributed by atoms with Crippen molar-refractivity contribution < 1.29 is 18.3 Å². The predicted molar refractivity (Wildman–Crippen MR) is 68.0 cm³/mol. The van der Waals surface area contributed by atoms with E-state index in [1.165, 1.54) is 18.2 Å². The lowest BCUT2D eigenvalue weighted by molar-refractivity contribution is -0.145. The van der Waals surface area contributed by atoms with Gasteiger partial charge in [-0.05, 0) is 23.8 Å². The van der Waals surface area contributed by atoms with Gasteiger partial charge in [0.25, 0.3) is 0 Å². The van der Waals surface area contributed by atoms with Crippen molar-refractivity contribution in [1.29, 1.82) is 0 Å². The van der Waals surface area contributed by atoms with Crippen LogP contribution in [0.15, 0.2) is 24.4 Å². The molecule has 0 saturated heterocycles. The van der Waals surface area contributed by atoms with Crippen molar-refractivity contribution >= 4 is 23.2 Å². The number of alkyl halides is 3. The molecule has 0 bridgehead atoms. The molecule has 106 valence electrons. The van der Waals surface area contributed by atoms with Crippen LogP contribution in [0.25, 0.3) is 0 Å². The average Bonchev–Trinajstić information content (AvgIpc) is 2.29. The molecule has 20 heavy (non-hydrogen) atoms. The maximum absolute atomic E-state index is 12.5. The summed E-state index contributed by atoms with van der Waals surface area (Å²) >= 11 is 11.6. The molecule has 0 radical (unpaired) electrons. The number of rotatable bonds is 2. The van der Waals surface area contributed by atoms with Gasteiger partial charge in [-0.2, -0.15) is 13.2 Å². The highest BCUT2D eigenvalue weighted by atomic mass is 35.5. The summed E-state index contributed by atoms with van der Waals surface area (Å²) in [5.74, 6) is -1.73. The molecule has 0 amide bonds. The Balaban J connectivity index is 2.37. The first-order valence-corrected chi connectivity index (χ1v) is 6.08. The molecule has 0 saturated carbocycles. The number of aromatic nitrogens is 2. The second-order valence-electron chi connectivity index (χ2n) is 3.98. The fourth-order valence-electron chi connectivity index (χ4n) is 1.58. The minimum absolute atomic E-state index is 0.0439. The van der Waals surface area contributed by atoms with Gasteiger partial charge in [0, 0.05) is 16.5 Å². The predicted octanol–water partition coefficient (Wildman–Crippen LogP) is 4.10. The Hall–Kier alpha value is -1.53. The summed E-state index contributed by atoms with van der Waals surface area (Å²) in [7, 11) is 0. The van der Waals surface area contributed by atoms with Gasteiger partial charge in [0.15, 0.2) is 5.75 Å². The van der Waals surface area contributed by atoms with Crippen LogP contribution in [0.1, 0.15) is 17.1 Å². The molecule has 0 unspecified atom stereocenters. The van der Waals surface area contributed by atoms with Gasteiger partial charge in [-0.1, -0.05) is 23.2 Å². The van der Waals surface area contributed by atoms with Crippen LogP contribution in [0, 0.1) is 0 Å². The summed E-state index contributed by atoms with van der Waals surface area (Å²) in [6.45, 7) is 0. The van der Waals surface area contributed by atoms with E-state index in [-0.39, 0.29) is 12.1 Å². The smallest absolute Gasteiger partial charge is 0.451 e. The summed E-state index contributed by atoms with van der Waals surface area (Å²) in [4.78, 5) is 6.37. The zero-order chi connectivity index (χ0) is 14.9. The molecule has 2 rings (SSSR count). The Morgan fingerprint density at radius 3 is 2.25 bits per heavy atom. The molecule has 0 aliphatic rings. The fourth-order valence-corrected chi connectivity index (χ4v) is 2.16. The van der Waals surface area contributed by atoms with Crippen LogP contribution >= 0.6 is 23.2 Å². The Morgan fingerprint density at radius 1 is 1.10 bits per heavy atom. The first kappa shape index (κ1) is 14.9. The number of hydrogen-bond donors (Lipinski definition) is 1. The zero-order valence-corrected chi connectivity index (χ0v) is 11.3. The van der Waals surface area contributed by atoms with Crippen LogP contribution in [-0.2, 0) is 12.6 Å². The molecule has 3 nitrogen and oxygen atoms in total. The second-order valence-corrected chi connectivity index (χ2v) is 4.85. The van der Waals surface area contributed by atoms with E-state index in [9.17, 15) is 18.3 Å². The molecule has 1 aromatic heterocycles. The summed E-state index contributed by atoms with van der Waals surface area (Å²) in [5.41, 5.74) is 0.385. The SMILES string of the molecule is Oc1cnc(C(F)(F)F)nc1Cc1cc(Cl)cc(Cl)c1. The minimum atomic E-state index is -4.67. The van der Waals surface area contributed by atoms with E-state index in [0.717, 1.165) is 6.20 Å². The van der Waals surface area contributed by atoms with Gasteiger partial charge in [-0.15, -0.1) is 0 Å². The first-order valence-electron chi connectivity index (χ1n) is 5.33. The number of benzene rings is 1. The van der Waals surface area contributed by atoms with E-state index < -0.39 is 17.8 Å². The monoisotopic (exact) mass is 322 g/mol. The average molecular weight is 323 g/mol. The highest BCUT2D eigenvalue weighted by Gasteiger charge is 2.35. The topological polar surface area (TPSA) is 46.0 Å². The standard InChI is InChI=1S/C12H7Cl2F3N2O/c13-7-1-6(2-8(14)4-7)3-9-10(20)5-18-11(19-9)12(15,16)17/h1-2,4-5,20H,3H2. The number of hydrogen-bond acceptors (Lipinski definition) is 3. The van der Waals surface area contributed by atoms with Crippen LogP contribution in [0.5, 0.6) is 5.75 Å². The normalized spacial score (nSPS) is 11.7. The van der Waals surface area contributed by atoms with Gasteiger partial charge >= 0.3 is 6.18 Å². The quantitative estimate of drug-likeness (QED) is 0.905. The third-order valence-corrected chi connectivity index (χ3v) is 2.83. The summed E-state index contributed by atoms with van der Waals surface area (Å²) in [5, 5.41) is 10.2. The molecule has 0 atom stereocenters. The number of halogens is 5. The lowest BCUT2D eigenvalue weighted by Gasteiger charge is -2.09. The van der Waals surface area contributed by atoms with E-state index in [1.54, 1.807) is 0 Å². The Kier molecular flexibility index (Phi) is 4.06. The van der Waals surface area contributed by atoms with Crippen LogP contribution in [0.3, 0.4) is 0 Å². The highest BCUT2D eigenvalue weighted by Crippen LogP contribution is 2.29. The van der Waals surface area contributed by atoms with Gasteiger partial charge in [0.1, 0.15) is 0 Å². The maximum atomic E-state index is 12.5. The fraction of sp³-hybridized carbons (Fsp3) is 0.167.